The van der Waals surface area contributed by atoms with E-state index in [1.807, 2.05) is 0 Å². The van der Waals surface area contributed by atoms with Crippen LogP contribution in [0, 0.1) is 6.92 Å². The molecule has 0 spiro atoms. The Labute approximate surface area is 133 Å². The van der Waals surface area contributed by atoms with Gasteiger partial charge in [-0.05, 0) is 41.5 Å². The molecule has 0 unspecified atom stereocenters. The third-order valence-corrected chi connectivity index (χ3v) is 5.13. The summed E-state index contributed by atoms with van der Waals surface area (Å²) in [6.07, 6.45) is 0. The van der Waals surface area contributed by atoms with Gasteiger partial charge in [0.05, 0.1) is 5.69 Å². The molecule has 0 aliphatic carbocycles. The Balaban J connectivity index is 2.26. The molecule has 21 heavy (non-hydrogen) atoms. The molecule has 0 aromatic carbocycles. The van der Waals surface area contributed by atoms with Crippen molar-refractivity contribution in [2.24, 2.45) is 7.05 Å². The van der Waals surface area contributed by atoms with Gasteiger partial charge < -0.3 is 10.2 Å². The smallest absolute Gasteiger partial charge is 0.131 e. The lowest BCUT2D eigenvalue weighted by Crippen LogP contribution is -2.44. The molecule has 0 radical (unpaired) electrons. The van der Waals surface area contributed by atoms with E-state index in [9.17, 15) is 0 Å². The average Bonchev–Trinajstić information content (AvgIpc) is 2.58. The largest absolute Gasteiger partial charge is 0.354 e. The van der Waals surface area contributed by atoms with Crippen molar-refractivity contribution in [1.82, 2.24) is 15.1 Å². The molecule has 1 aromatic rings. The van der Waals surface area contributed by atoms with E-state index in [1.54, 1.807) is 0 Å². The Bertz CT molecular complexity index is 499. The van der Waals surface area contributed by atoms with Gasteiger partial charge in [-0.25, -0.2) is 0 Å². The van der Waals surface area contributed by atoms with Crippen LogP contribution in [0.5, 0.6) is 0 Å². The maximum Gasteiger partial charge on any atom is 0.131 e. The van der Waals surface area contributed by atoms with E-state index in [0.717, 1.165) is 25.3 Å². The summed E-state index contributed by atoms with van der Waals surface area (Å²) in [6, 6.07) is 0. The van der Waals surface area contributed by atoms with Crippen LogP contribution in [0.3, 0.4) is 0 Å². The highest BCUT2D eigenvalue weighted by Gasteiger charge is 2.30. The Morgan fingerprint density at radius 1 is 1.33 bits per heavy atom. The van der Waals surface area contributed by atoms with E-state index in [2.05, 4.69) is 80.3 Å². The molecule has 0 saturated carbocycles. The van der Waals surface area contributed by atoms with Gasteiger partial charge in [-0.3, -0.25) is 4.68 Å². The third-order valence-electron chi connectivity index (χ3n) is 3.83. The summed E-state index contributed by atoms with van der Waals surface area (Å²) in [5.41, 5.74) is 2.60. The second-order valence-corrected chi connectivity index (χ2v) is 9.45. The lowest BCUT2D eigenvalue weighted by atomic mass is 10.1. The second kappa shape index (κ2) is 5.84. The predicted molar refractivity (Wildman–Crippen MR) is 93.3 cm³/mol. The molecule has 1 N–H and O–H groups in total. The maximum absolute atomic E-state index is 4.66. The van der Waals surface area contributed by atoms with E-state index in [1.165, 1.54) is 17.1 Å². The zero-order valence-electron chi connectivity index (χ0n) is 14.6. The van der Waals surface area contributed by atoms with Gasteiger partial charge in [0.1, 0.15) is 5.82 Å². The van der Waals surface area contributed by atoms with Crippen molar-refractivity contribution in [2.45, 2.75) is 58.4 Å². The summed E-state index contributed by atoms with van der Waals surface area (Å²) in [7, 11) is 2.07. The van der Waals surface area contributed by atoms with Crippen molar-refractivity contribution >= 4 is 17.6 Å². The molecule has 120 valence electrons. The maximum atomic E-state index is 4.66. The summed E-state index contributed by atoms with van der Waals surface area (Å²) < 4.78 is 2.37. The molecule has 1 aromatic heterocycles. The van der Waals surface area contributed by atoms with Crippen LogP contribution in [-0.2, 0) is 13.6 Å². The molecule has 2 rings (SSSR count). The zero-order valence-corrected chi connectivity index (χ0v) is 15.4. The molecular formula is C16H30N4S. The molecule has 1 aliphatic rings. The summed E-state index contributed by atoms with van der Waals surface area (Å²) in [6.45, 7) is 16.5. The van der Waals surface area contributed by atoms with Crippen LogP contribution in [-0.4, -0.2) is 38.9 Å². The first kappa shape index (κ1) is 16.7. The molecule has 1 aliphatic heterocycles. The summed E-state index contributed by atoms with van der Waals surface area (Å²) in [5.74, 6) is 2.47. The number of hydrogen-bond donors (Lipinski definition) is 1. The van der Waals surface area contributed by atoms with Crippen LogP contribution >= 0.6 is 11.8 Å². The Morgan fingerprint density at radius 2 is 2.00 bits per heavy atom. The van der Waals surface area contributed by atoms with Gasteiger partial charge >= 0.3 is 0 Å². The number of aryl methyl sites for hydroxylation is 2. The standard InChI is InChI=1S/C16H30N4S/c1-12-13(10-17-15(2,3)4)14(19(7)18-12)20-8-9-21-16(5,6)11-20/h17H,8-11H2,1-7H3. The van der Waals surface area contributed by atoms with E-state index >= 15 is 0 Å². The van der Waals surface area contributed by atoms with E-state index in [0.29, 0.717) is 4.75 Å². The quantitative estimate of drug-likeness (QED) is 0.930. The lowest BCUT2D eigenvalue weighted by Gasteiger charge is -2.39. The van der Waals surface area contributed by atoms with Crippen LogP contribution in [0.4, 0.5) is 5.82 Å². The molecule has 0 amide bonds. The van der Waals surface area contributed by atoms with Crippen molar-refractivity contribution in [3.05, 3.63) is 11.3 Å². The lowest BCUT2D eigenvalue weighted by molar-refractivity contribution is 0.423. The van der Waals surface area contributed by atoms with Gasteiger partial charge in [0.25, 0.3) is 0 Å². The molecule has 4 nitrogen and oxygen atoms in total. The van der Waals surface area contributed by atoms with Gasteiger partial charge in [-0.15, -0.1) is 0 Å². The number of nitrogens with one attached hydrogen (secondary N) is 1. The van der Waals surface area contributed by atoms with E-state index < -0.39 is 0 Å². The monoisotopic (exact) mass is 310 g/mol. The third kappa shape index (κ3) is 4.16. The minimum atomic E-state index is 0.122. The number of thioether (sulfide) groups is 1. The van der Waals surface area contributed by atoms with Crippen molar-refractivity contribution < 1.29 is 0 Å². The first-order valence-corrected chi connectivity index (χ1v) is 8.74. The number of anilines is 1. The Hall–Kier alpha value is -0.680. The summed E-state index contributed by atoms with van der Waals surface area (Å²) in [4.78, 5) is 2.51. The van der Waals surface area contributed by atoms with E-state index in [4.69, 9.17) is 0 Å². The van der Waals surface area contributed by atoms with Crippen LogP contribution in [0.15, 0.2) is 0 Å². The molecule has 1 saturated heterocycles. The molecule has 0 bridgehead atoms. The zero-order chi connectivity index (χ0) is 15.8. The molecule has 1 fully saturated rings. The van der Waals surface area contributed by atoms with Crippen molar-refractivity contribution in [3.8, 4) is 0 Å². The van der Waals surface area contributed by atoms with Crippen molar-refractivity contribution in [1.29, 1.82) is 0 Å². The highest BCUT2D eigenvalue weighted by atomic mass is 32.2. The van der Waals surface area contributed by atoms with Crippen LogP contribution in [0.25, 0.3) is 0 Å². The number of nitrogens with zero attached hydrogens (tertiary/aromatic N) is 3. The first-order valence-electron chi connectivity index (χ1n) is 7.75. The van der Waals surface area contributed by atoms with Gasteiger partial charge in [0, 0.05) is 48.3 Å². The number of rotatable bonds is 3. The van der Waals surface area contributed by atoms with Gasteiger partial charge in [0.2, 0.25) is 0 Å². The summed E-state index contributed by atoms with van der Waals surface area (Å²) >= 11 is 2.07. The van der Waals surface area contributed by atoms with Crippen molar-refractivity contribution in [3.63, 3.8) is 0 Å². The van der Waals surface area contributed by atoms with Gasteiger partial charge in [0.15, 0.2) is 0 Å². The van der Waals surface area contributed by atoms with Crippen LogP contribution in [0.1, 0.15) is 45.9 Å². The number of hydrogen-bond acceptors (Lipinski definition) is 4. The Morgan fingerprint density at radius 3 is 2.57 bits per heavy atom. The normalized spacial score (nSPS) is 19.1. The fourth-order valence-electron chi connectivity index (χ4n) is 2.84. The van der Waals surface area contributed by atoms with Gasteiger partial charge in [-0.2, -0.15) is 16.9 Å². The fourth-order valence-corrected chi connectivity index (χ4v) is 3.95. The fraction of sp³-hybridized carbons (Fsp3) is 0.812. The Kier molecular flexibility index (Phi) is 4.64. The topological polar surface area (TPSA) is 33.1 Å². The van der Waals surface area contributed by atoms with Crippen LogP contribution < -0.4 is 10.2 Å². The minimum Gasteiger partial charge on any atom is -0.354 e. The first-order chi connectivity index (χ1) is 9.59. The highest BCUT2D eigenvalue weighted by molar-refractivity contribution is 8.00. The SMILES string of the molecule is Cc1nn(C)c(N2CCSC(C)(C)C2)c1CNC(C)(C)C. The summed E-state index contributed by atoms with van der Waals surface area (Å²) in [5, 5.41) is 8.27. The average molecular weight is 311 g/mol. The van der Waals surface area contributed by atoms with E-state index in [-0.39, 0.29) is 5.54 Å². The van der Waals surface area contributed by atoms with Gasteiger partial charge in [-0.1, -0.05) is 0 Å². The molecule has 0 atom stereocenters. The molecule has 2 heterocycles. The minimum absolute atomic E-state index is 0.122. The molecular weight excluding hydrogens is 280 g/mol. The van der Waals surface area contributed by atoms with Crippen LogP contribution in [0.2, 0.25) is 0 Å². The predicted octanol–water partition coefficient (Wildman–Crippen LogP) is 2.95. The molecule has 5 heteroatoms. The second-order valence-electron chi connectivity index (χ2n) is 7.64. The highest BCUT2D eigenvalue weighted by Crippen LogP contribution is 2.34. The number of aromatic nitrogens is 2. The van der Waals surface area contributed by atoms with Crippen molar-refractivity contribution in [2.75, 3.05) is 23.7 Å².